The van der Waals surface area contributed by atoms with Crippen molar-refractivity contribution in [2.45, 2.75) is 37.7 Å². The number of piperidine rings is 3. The van der Waals surface area contributed by atoms with Crippen LogP contribution in [0.5, 0.6) is 0 Å². The number of halogens is 1. The standard InChI is InChI=1S/C20H23FN4OS/c21-19-17(2-1-7-22-19)18-11-15(23-13-24-18)10-16(27)3-6-20(26)12-25-8-4-14(20)5-9-25/h1-2,7,11,13-14,26H,3-6,8-10,12H2/t20-/m0/s1. The maximum atomic E-state index is 13.9. The van der Waals surface area contributed by atoms with Gasteiger partial charge in [0.15, 0.2) is 0 Å². The fraction of sp³-hybridized carbons (Fsp3) is 0.500. The van der Waals surface area contributed by atoms with Crippen molar-refractivity contribution < 1.29 is 9.50 Å². The number of hydrogen-bond acceptors (Lipinski definition) is 6. The van der Waals surface area contributed by atoms with Crippen molar-refractivity contribution in [2.24, 2.45) is 5.92 Å². The maximum Gasteiger partial charge on any atom is 0.222 e. The molecule has 5 heterocycles. The number of pyridine rings is 1. The van der Waals surface area contributed by atoms with Crippen LogP contribution in [0, 0.1) is 11.9 Å². The predicted octanol–water partition coefficient (Wildman–Crippen LogP) is 2.83. The third-order valence-electron chi connectivity index (χ3n) is 5.82. The minimum absolute atomic E-state index is 0.355. The summed E-state index contributed by atoms with van der Waals surface area (Å²) in [5.74, 6) is -0.154. The Morgan fingerprint density at radius 3 is 2.81 bits per heavy atom. The summed E-state index contributed by atoms with van der Waals surface area (Å²) in [5.41, 5.74) is 1.00. The summed E-state index contributed by atoms with van der Waals surface area (Å²) in [4.78, 5) is 15.3. The molecule has 5 rings (SSSR count). The topological polar surface area (TPSA) is 62.1 Å². The summed E-state index contributed by atoms with van der Waals surface area (Å²) in [5, 5.41) is 11.0. The lowest BCUT2D eigenvalue weighted by atomic mass is 9.73. The first-order valence-electron chi connectivity index (χ1n) is 9.42. The molecule has 7 heteroatoms. The Hall–Kier alpha value is -1.83. The fourth-order valence-corrected chi connectivity index (χ4v) is 4.54. The van der Waals surface area contributed by atoms with Gasteiger partial charge in [0.05, 0.1) is 16.9 Å². The van der Waals surface area contributed by atoms with Gasteiger partial charge in [-0.2, -0.15) is 4.39 Å². The minimum Gasteiger partial charge on any atom is -0.388 e. The predicted molar refractivity (Wildman–Crippen MR) is 105 cm³/mol. The summed E-state index contributed by atoms with van der Waals surface area (Å²) < 4.78 is 13.9. The highest BCUT2D eigenvalue weighted by Crippen LogP contribution is 2.38. The van der Waals surface area contributed by atoms with Crippen LogP contribution in [-0.2, 0) is 6.42 Å². The molecule has 2 bridgehead atoms. The molecule has 0 amide bonds. The molecule has 2 aromatic heterocycles. The van der Waals surface area contributed by atoms with Crippen LogP contribution in [0.15, 0.2) is 30.7 Å². The van der Waals surface area contributed by atoms with Crippen molar-refractivity contribution in [3.63, 3.8) is 0 Å². The Bertz CT molecular complexity index is 840. The van der Waals surface area contributed by atoms with E-state index in [0.717, 1.165) is 43.0 Å². The summed E-state index contributed by atoms with van der Waals surface area (Å²) in [6.07, 6.45) is 6.91. The van der Waals surface area contributed by atoms with E-state index in [2.05, 4.69) is 19.9 Å². The zero-order chi connectivity index (χ0) is 18.9. The molecule has 1 atom stereocenters. The van der Waals surface area contributed by atoms with Crippen LogP contribution in [0.25, 0.3) is 11.3 Å². The second-order valence-electron chi connectivity index (χ2n) is 7.61. The average Bonchev–Trinajstić information content (AvgIpc) is 2.68. The summed E-state index contributed by atoms with van der Waals surface area (Å²) >= 11 is 5.55. The van der Waals surface area contributed by atoms with Gasteiger partial charge < -0.3 is 10.0 Å². The van der Waals surface area contributed by atoms with Gasteiger partial charge in [-0.1, -0.05) is 12.2 Å². The Kier molecular flexibility index (Phi) is 5.25. The lowest BCUT2D eigenvalue weighted by molar-refractivity contribution is -0.114. The lowest BCUT2D eigenvalue weighted by Crippen LogP contribution is -2.59. The Labute approximate surface area is 163 Å². The van der Waals surface area contributed by atoms with E-state index >= 15 is 0 Å². The van der Waals surface area contributed by atoms with Crippen LogP contribution in [0.1, 0.15) is 31.4 Å². The van der Waals surface area contributed by atoms with Gasteiger partial charge in [-0.15, -0.1) is 0 Å². The first-order chi connectivity index (χ1) is 13.0. The molecule has 3 aliphatic rings. The van der Waals surface area contributed by atoms with Crippen LogP contribution in [0.3, 0.4) is 0 Å². The molecule has 0 radical (unpaired) electrons. The van der Waals surface area contributed by atoms with E-state index in [4.69, 9.17) is 12.2 Å². The van der Waals surface area contributed by atoms with Crippen LogP contribution >= 0.6 is 12.2 Å². The van der Waals surface area contributed by atoms with Crippen LogP contribution in [0.2, 0.25) is 0 Å². The van der Waals surface area contributed by atoms with Gasteiger partial charge in [-0.05, 0) is 67.8 Å². The van der Waals surface area contributed by atoms with E-state index in [-0.39, 0.29) is 0 Å². The zero-order valence-corrected chi connectivity index (χ0v) is 16.0. The third kappa shape index (κ3) is 4.05. The van der Waals surface area contributed by atoms with Crippen LogP contribution < -0.4 is 0 Å². The molecule has 1 N–H and O–H groups in total. The van der Waals surface area contributed by atoms with E-state index in [1.54, 1.807) is 18.2 Å². The highest BCUT2D eigenvalue weighted by atomic mass is 32.1. The van der Waals surface area contributed by atoms with E-state index in [0.29, 0.717) is 36.4 Å². The molecular formula is C20H23FN4OS. The molecule has 0 unspecified atom stereocenters. The Morgan fingerprint density at radius 2 is 2.11 bits per heavy atom. The van der Waals surface area contributed by atoms with Crippen LogP contribution in [-0.4, -0.2) is 55.1 Å². The number of hydrogen-bond donors (Lipinski definition) is 1. The van der Waals surface area contributed by atoms with Crippen molar-refractivity contribution in [1.29, 1.82) is 0 Å². The summed E-state index contributed by atoms with van der Waals surface area (Å²) in [6, 6.07) is 5.09. The molecule has 142 valence electrons. The Balaban J connectivity index is 1.39. The third-order valence-corrected chi connectivity index (χ3v) is 6.17. The first-order valence-corrected chi connectivity index (χ1v) is 9.82. The van der Waals surface area contributed by atoms with Crippen molar-refractivity contribution in [1.82, 2.24) is 19.9 Å². The molecule has 0 spiro atoms. The first kappa shape index (κ1) is 18.5. The zero-order valence-electron chi connectivity index (χ0n) is 15.1. The number of nitrogens with zero attached hydrogens (tertiary/aromatic N) is 4. The molecule has 0 aliphatic carbocycles. The van der Waals surface area contributed by atoms with E-state index in [1.165, 1.54) is 12.5 Å². The SMILES string of the molecule is O[C@@]1(CCC(=S)Cc2cc(-c3cccnc3F)ncn2)CN2CCC1CC2. The second-order valence-corrected chi connectivity index (χ2v) is 8.18. The number of aliphatic hydroxyl groups is 1. The monoisotopic (exact) mass is 386 g/mol. The lowest BCUT2D eigenvalue weighted by Gasteiger charge is -2.50. The molecular weight excluding hydrogens is 363 g/mol. The normalized spacial score (nSPS) is 26.9. The molecule has 3 fully saturated rings. The van der Waals surface area contributed by atoms with Gasteiger partial charge in [-0.25, -0.2) is 15.0 Å². The van der Waals surface area contributed by atoms with Gasteiger partial charge in [0.25, 0.3) is 0 Å². The molecule has 0 saturated carbocycles. The Morgan fingerprint density at radius 1 is 1.30 bits per heavy atom. The molecule has 3 aliphatic heterocycles. The summed E-state index contributed by atoms with van der Waals surface area (Å²) in [7, 11) is 0. The number of fused-ring (bicyclic) bond motifs is 3. The molecule has 0 aromatic carbocycles. The van der Waals surface area contributed by atoms with Gasteiger partial charge >= 0.3 is 0 Å². The molecule has 5 nitrogen and oxygen atoms in total. The van der Waals surface area contributed by atoms with Crippen molar-refractivity contribution in [3.05, 3.63) is 42.4 Å². The van der Waals surface area contributed by atoms with Gasteiger partial charge in [-0.3, -0.25) is 0 Å². The molecule has 3 saturated heterocycles. The van der Waals surface area contributed by atoms with Crippen molar-refractivity contribution in [3.8, 4) is 11.3 Å². The van der Waals surface area contributed by atoms with E-state index < -0.39 is 11.5 Å². The second kappa shape index (κ2) is 7.66. The quantitative estimate of drug-likeness (QED) is 0.609. The van der Waals surface area contributed by atoms with E-state index in [9.17, 15) is 9.50 Å². The number of aromatic nitrogens is 3. The maximum absolute atomic E-state index is 13.9. The highest BCUT2D eigenvalue weighted by molar-refractivity contribution is 7.80. The van der Waals surface area contributed by atoms with Crippen molar-refractivity contribution in [2.75, 3.05) is 19.6 Å². The van der Waals surface area contributed by atoms with Crippen LogP contribution in [0.4, 0.5) is 4.39 Å². The molecule has 27 heavy (non-hydrogen) atoms. The highest BCUT2D eigenvalue weighted by Gasteiger charge is 2.44. The van der Waals surface area contributed by atoms with E-state index in [1.807, 2.05) is 0 Å². The van der Waals surface area contributed by atoms with Gasteiger partial charge in [0, 0.05) is 24.9 Å². The summed E-state index contributed by atoms with van der Waals surface area (Å²) in [6.45, 7) is 2.97. The number of rotatable bonds is 6. The fourth-order valence-electron chi connectivity index (χ4n) is 4.29. The number of thiocarbonyl (C=S) groups is 1. The van der Waals surface area contributed by atoms with Crippen molar-refractivity contribution >= 4 is 17.1 Å². The smallest absolute Gasteiger partial charge is 0.222 e. The average molecular weight is 386 g/mol. The largest absolute Gasteiger partial charge is 0.388 e. The minimum atomic E-state index is -0.615. The van der Waals surface area contributed by atoms with Gasteiger partial charge in [0.2, 0.25) is 5.95 Å². The van der Waals surface area contributed by atoms with Gasteiger partial charge in [0.1, 0.15) is 6.33 Å². The molecule has 2 aromatic rings.